The molecule has 6 rings (SSSR count). The van der Waals surface area contributed by atoms with E-state index in [-0.39, 0.29) is 17.9 Å². The number of nitrogens with one attached hydrogen (secondary N) is 2. The molecule has 45 heavy (non-hydrogen) atoms. The van der Waals surface area contributed by atoms with Crippen molar-refractivity contribution < 1.29 is 27.1 Å². The Morgan fingerprint density at radius 1 is 1.13 bits per heavy atom. The van der Waals surface area contributed by atoms with Gasteiger partial charge in [0.05, 0.1) is 24.5 Å². The van der Waals surface area contributed by atoms with E-state index in [1.807, 2.05) is 18.2 Å². The van der Waals surface area contributed by atoms with Gasteiger partial charge in [0.1, 0.15) is 17.3 Å². The van der Waals surface area contributed by atoms with Crippen LogP contribution < -0.4 is 21.1 Å². The molecular formula is C34H29F4N5O2. The number of anilines is 1. The Balaban J connectivity index is 1.40. The average Bonchev–Trinajstić information content (AvgIpc) is 3.75. The summed E-state index contributed by atoms with van der Waals surface area (Å²) >= 11 is 0. The zero-order valence-electron chi connectivity index (χ0n) is 24.2. The summed E-state index contributed by atoms with van der Waals surface area (Å²) in [6.45, 7) is 0.835. The van der Waals surface area contributed by atoms with Gasteiger partial charge in [0, 0.05) is 23.6 Å². The maximum atomic E-state index is 15.3. The molecule has 1 heterocycles. The van der Waals surface area contributed by atoms with Crippen molar-refractivity contribution in [2.75, 3.05) is 19.0 Å². The molecule has 1 unspecified atom stereocenters. The molecule has 0 saturated heterocycles. The maximum absolute atomic E-state index is 15.3. The molecule has 4 N–H and O–H groups in total. The van der Waals surface area contributed by atoms with Gasteiger partial charge in [-0.2, -0.15) is 18.3 Å². The second kappa shape index (κ2) is 12.2. The normalized spacial score (nSPS) is 13.8. The molecule has 1 fully saturated rings. The number of nitrogens with two attached hydrogens (primary N) is 1. The smallest absolute Gasteiger partial charge is 0.435 e. The van der Waals surface area contributed by atoms with E-state index in [0.29, 0.717) is 35.4 Å². The summed E-state index contributed by atoms with van der Waals surface area (Å²) in [7, 11) is 1.57. The molecule has 0 bridgehead atoms. The first-order chi connectivity index (χ1) is 21.7. The SMILES string of the molecule is COc1ccc2c#cccc2c1C(NCC1CC1)c1ccc(F)c(NC(=O)c2cc(C(F)(F)F)nn2-c2cccc(CN)c2)c1. The predicted octanol–water partition coefficient (Wildman–Crippen LogP) is 6.59. The summed E-state index contributed by atoms with van der Waals surface area (Å²) in [6.07, 6.45) is -2.62. The number of carbonyl (C=O) groups is 1. The van der Waals surface area contributed by atoms with Crippen molar-refractivity contribution in [1.82, 2.24) is 15.1 Å². The predicted molar refractivity (Wildman–Crippen MR) is 162 cm³/mol. The minimum atomic E-state index is -4.82. The van der Waals surface area contributed by atoms with E-state index in [1.165, 1.54) is 24.3 Å². The van der Waals surface area contributed by atoms with Gasteiger partial charge in [-0.25, -0.2) is 9.07 Å². The molecule has 4 aromatic carbocycles. The average molecular weight is 616 g/mol. The summed E-state index contributed by atoms with van der Waals surface area (Å²) in [4.78, 5) is 13.5. The summed E-state index contributed by atoms with van der Waals surface area (Å²) in [5.74, 6) is -0.613. The molecular weight excluding hydrogens is 586 g/mol. The Bertz CT molecular complexity index is 1870. The first-order valence-electron chi connectivity index (χ1n) is 14.4. The number of alkyl halides is 3. The number of ether oxygens (including phenoxy) is 1. The number of aromatic nitrogens is 2. The summed E-state index contributed by atoms with van der Waals surface area (Å²) in [5, 5.41) is 11.4. The van der Waals surface area contributed by atoms with E-state index in [1.54, 1.807) is 31.4 Å². The van der Waals surface area contributed by atoms with E-state index >= 15 is 4.39 Å². The van der Waals surface area contributed by atoms with Gasteiger partial charge < -0.3 is 21.1 Å². The van der Waals surface area contributed by atoms with Crippen LogP contribution in [0.3, 0.4) is 0 Å². The van der Waals surface area contributed by atoms with Gasteiger partial charge in [0.2, 0.25) is 0 Å². The van der Waals surface area contributed by atoms with Crippen molar-refractivity contribution in [3.05, 3.63) is 119 Å². The fraction of sp³-hybridized carbons (Fsp3) is 0.235. The Kier molecular flexibility index (Phi) is 8.18. The highest BCUT2D eigenvalue weighted by molar-refractivity contribution is 6.03. The van der Waals surface area contributed by atoms with Gasteiger partial charge in [-0.05, 0) is 90.3 Å². The summed E-state index contributed by atoms with van der Waals surface area (Å²) in [6, 6.07) is 24.3. The van der Waals surface area contributed by atoms with Gasteiger partial charge in [0.15, 0.2) is 5.69 Å². The Labute approximate surface area is 257 Å². The zero-order valence-corrected chi connectivity index (χ0v) is 24.2. The summed E-state index contributed by atoms with van der Waals surface area (Å²) in [5.41, 5.74) is 6.08. The molecule has 5 aromatic rings. The van der Waals surface area contributed by atoms with Gasteiger partial charge in [-0.15, -0.1) is 0 Å². The molecule has 1 aliphatic carbocycles. The highest BCUT2D eigenvalue weighted by atomic mass is 19.4. The third kappa shape index (κ3) is 6.34. The van der Waals surface area contributed by atoms with Crippen molar-refractivity contribution in [2.45, 2.75) is 31.6 Å². The lowest BCUT2D eigenvalue weighted by Gasteiger charge is -2.24. The third-order valence-corrected chi connectivity index (χ3v) is 7.80. The number of fused-ring (bicyclic) bond motifs is 1. The van der Waals surface area contributed by atoms with Crippen molar-refractivity contribution in [2.24, 2.45) is 11.7 Å². The Morgan fingerprint density at radius 3 is 2.69 bits per heavy atom. The molecule has 0 radical (unpaired) electrons. The number of amides is 1. The molecule has 1 aliphatic rings. The number of nitrogens with zero attached hydrogens (tertiary/aromatic N) is 2. The third-order valence-electron chi connectivity index (χ3n) is 7.80. The van der Waals surface area contributed by atoms with Crippen LogP contribution in [0.5, 0.6) is 5.75 Å². The lowest BCUT2D eigenvalue weighted by Crippen LogP contribution is -2.26. The fourth-order valence-electron chi connectivity index (χ4n) is 5.32. The quantitative estimate of drug-likeness (QED) is 0.154. The van der Waals surface area contributed by atoms with Gasteiger partial charge >= 0.3 is 6.18 Å². The maximum Gasteiger partial charge on any atom is 0.435 e. The number of methoxy groups -OCH3 is 1. The van der Waals surface area contributed by atoms with Crippen LogP contribution in [-0.2, 0) is 12.7 Å². The van der Waals surface area contributed by atoms with Crippen molar-refractivity contribution >= 4 is 22.4 Å². The molecule has 230 valence electrons. The van der Waals surface area contributed by atoms with Crippen LogP contribution in [0.4, 0.5) is 23.2 Å². The largest absolute Gasteiger partial charge is 0.496 e. The van der Waals surface area contributed by atoms with Crippen LogP contribution in [0, 0.1) is 23.9 Å². The Morgan fingerprint density at radius 2 is 1.96 bits per heavy atom. The van der Waals surface area contributed by atoms with Crippen LogP contribution >= 0.6 is 0 Å². The molecule has 11 heteroatoms. The minimum absolute atomic E-state index is 0.133. The monoisotopic (exact) mass is 615 g/mol. The van der Waals surface area contributed by atoms with Gasteiger partial charge in [0.25, 0.3) is 5.91 Å². The number of benzene rings is 3. The van der Waals surface area contributed by atoms with E-state index in [9.17, 15) is 18.0 Å². The van der Waals surface area contributed by atoms with Crippen molar-refractivity contribution in [1.29, 1.82) is 0 Å². The molecule has 7 nitrogen and oxygen atoms in total. The fourth-order valence-corrected chi connectivity index (χ4v) is 5.32. The highest BCUT2D eigenvalue weighted by Gasteiger charge is 2.36. The zero-order chi connectivity index (χ0) is 31.7. The molecule has 0 aliphatic heterocycles. The van der Waals surface area contributed by atoms with Crippen molar-refractivity contribution in [3.8, 4) is 11.4 Å². The topological polar surface area (TPSA) is 94.2 Å². The lowest BCUT2D eigenvalue weighted by atomic mass is 9.92. The Hall–Kier alpha value is -4.92. The first kappa shape index (κ1) is 30.1. The number of hydrogen-bond donors (Lipinski definition) is 3. The van der Waals surface area contributed by atoms with Crippen LogP contribution in [0.15, 0.2) is 72.8 Å². The van der Waals surface area contributed by atoms with E-state index in [0.717, 1.165) is 33.9 Å². The lowest BCUT2D eigenvalue weighted by molar-refractivity contribution is -0.141. The molecule has 1 aromatic heterocycles. The van der Waals surface area contributed by atoms with Crippen LogP contribution in [0.1, 0.15) is 51.8 Å². The molecule has 1 saturated carbocycles. The molecule has 1 amide bonds. The van der Waals surface area contributed by atoms with Crippen molar-refractivity contribution in [3.63, 3.8) is 0 Å². The first-order valence-corrected chi connectivity index (χ1v) is 14.4. The molecule has 0 spiro atoms. The van der Waals surface area contributed by atoms with E-state index in [4.69, 9.17) is 10.5 Å². The van der Waals surface area contributed by atoms with Crippen LogP contribution in [-0.4, -0.2) is 29.3 Å². The van der Waals surface area contributed by atoms with Gasteiger partial charge in [-0.3, -0.25) is 4.79 Å². The van der Waals surface area contributed by atoms with Gasteiger partial charge in [-0.1, -0.05) is 30.3 Å². The number of carbonyl (C=O) groups excluding carboxylic acids is 1. The number of rotatable bonds is 10. The van der Waals surface area contributed by atoms with Crippen LogP contribution in [0.25, 0.3) is 16.5 Å². The van der Waals surface area contributed by atoms with E-state index < -0.39 is 35.3 Å². The van der Waals surface area contributed by atoms with Crippen LogP contribution in [0.2, 0.25) is 0 Å². The standard InChI is InChI=1S/C34H29F4N5O2/c1-45-29-14-12-22-6-2-3-8-25(22)31(29)32(40-19-20-9-10-20)23-11-13-26(35)27(16-23)41-33(44)28-17-30(34(36,37)38)42-43(28)24-7-4-5-21(15-24)18-39/h3-5,7-8,11-17,20,32,40H,9-10,18-19,39H2,1H3,(H,41,44). The summed E-state index contributed by atoms with van der Waals surface area (Å²) < 4.78 is 63.0. The number of hydrogen-bond acceptors (Lipinski definition) is 5. The second-order valence-corrected chi connectivity index (χ2v) is 10.9. The number of halogens is 4. The molecule has 1 atom stereocenters. The second-order valence-electron chi connectivity index (χ2n) is 10.9. The minimum Gasteiger partial charge on any atom is -0.496 e. The highest BCUT2D eigenvalue weighted by Crippen LogP contribution is 2.38. The van der Waals surface area contributed by atoms with E-state index in [2.05, 4.69) is 27.9 Å².